The van der Waals surface area contributed by atoms with Crippen molar-refractivity contribution in [3.8, 4) is 33.9 Å². The topological polar surface area (TPSA) is 35.6 Å². The van der Waals surface area contributed by atoms with Gasteiger partial charge in [-0.1, -0.05) is 109 Å². The van der Waals surface area contributed by atoms with Crippen molar-refractivity contribution < 1.29 is 0 Å². The fourth-order valence-electron chi connectivity index (χ4n) is 6.60. The van der Waals surface area contributed by atoms with Crippen molar-refractivity contribution in [2.24, 2.45) is 0 Å². The molecule has 0 N–H and O–H groups in total. The van der Waals surface area contributed by atoms with Crippen molar-refractivity contribution in [2.45, 2.75) is 0 Å². The zero-order chi connectivity index (χ0) is 29.0. The summed E-state index contributed by atoms with van der Waals surface area (Å²) in [5.41, 5.74) is 10.1. The predicted octanol–water partition coefficient (Wildman–Crippen LogP) is 10.0. The van der Waals surface area contributed by atoms with Crippen LogP contribution < -0.4 is 0 Å². The Morgan fingerprint density at radius 2 is 0.864 bits per heavy atom. The fraction of sp³-hybridized carbons (Fsp3) is 0. The summed E-state index contributed by atoms with van der Waals surface area (Å²) in [6.45, 7) is 0. The number of fused-ring (bicyclic) bond motifs is 6. The molecule has 0 spiro atoms. The average molecular weight is 563 g/mol. The van der Waals surface area contributed by atoms with Crippen molar-refractivity contribution in [3.05, 3.63) is 158 Å². The van der Waals surface area contributed by atoms with Crippen molar-refractivity contribution in [1.82, 2.24) is 19.1 Å². The van der Waals surface area contributed by atoms with Gasteiger partial charge in [-0.25, -0.2) is 9.97 Å². The minimum absolute atomic E-state index is 0.656. The highest BCUT2D eigenvalue weighted by atomic mass is 15.1. The van der Waals surface area contributed by atoms with Gasteiger partial charge < -0.3 is 4.57 Å². The van der Waals surface area contributed by atoms with Crippen LogP contribution in [-0.2, 0) is 0 Å². The molecule has 0 unspecified atom stereocenters. The first-order chi connectivity index (χ1) is 21.8. The van der Waals surface area contributed by atoms with Crippen LogP contribution in [0.25, 0.3) is 77.5 Å². The molecule has 0 amide bonds. The molecule has 9 rings (SSSR count). The minimum Gasteiger partial charge on any atom is -0.309 e. The van der Waals surface area contributed by atoms with Crippen LogP contribution in [0.5, 0.6) is 0 Å². The van der Waals surface area contributed by atoms with Crippen LogP contribution in [0.4, 0.5) is 0 Å². The van der Waals surface area contributed by atoms with E-state index < -0.39 is 0 Å². The molecule has 0 saturated heterocycles. The van der Waals surface area contributed by atoms with Gasteiger partial charge in [0.05, 0.1) is 22.1 Å². The van der Waals surface area contributed by atoms with E-state index in [0.29, 0.717) is 5.95 Å². The second-order valence-electron chi connectivity index (χ2n) is 11.1. The number of aromatic nitrogens is 4. The van der Waals surface area contributed by atoms with Crippen LogP contribution in [-0.4, -0.2) is 19.1 Å². The minimum atomic E-state index is 0.656. The molecule has 0 saturated carbocycles. The molecular formula is C40H26N4. The molecule has 206 valence electrons. The summed E-state index contributed by atoms with van der Waals surface area (Å²) in [5, 5.41) is 4.82. The lowest BCUT2D eigenvalue weighted by Crippen LogP contribution is -2.01. The molecule has 4 nitrogen and oxygen atoms in total. The summed E-state index contributed by atoms with van der Waals surface area (Å²) in [4.78, 5) is 9.78. The molecule has 0 aliphatic rings. The number of benzene rings is 6. The molecule has 3 heterocycles. The van der Waals surface area contributed by atoms with Crippen LogP contribution in [0.1, 0.15) is 0 Å². The van der Waals surface area contributed by atoms with Gasteiger partial charge in [0, 0.05) is 45.2 Å². The standard InChI is InChI=1S/C40H26N4/c1-3-12-27(13-4-1)29-16-11-17-31(22-29)43-36-20-9-7-18-32(36)34-23-35-33-19-8-10-21-37(33)44(39(35)24-38(34)43)40-41-25-30(26-42-40)28-14-5-2-6-15-28/h1-26H. The van der Waals surface area contributed by atoms with E-state index in [9.17, 15) is 0 Å². The summed E-state index contributed by atoms with van der Waals surface area (Å²) in [6, 6.07) is 51.5. The maximum absolute atomic E-state index is 4.89. The fourth-order valence-corrected chi connectivity index (χ4v) is 6.60. The highest BCUT2D eigenvalue weighted by molar-refractivity contribution is 6.19. The SMILES string of the molecule is c1ccc(-c2cnc(-n3c4ccccc4c4cc5c6ccccc6n(-c6cccc(-c7ccccc7)c6)c5cc43)nc2)cc1. The Hall–Kier alpha value is -6.00. The number of nitrogens with zero attached hydrogens (tertiary/aromatic N) is 4. The molecule has 6 aromatic carbocycles. The first-order valence-electron chi connectivity index (χ1n) is 14.8. The van der Waals surface area contributed by atoms with Gasteiger partial charge in [0.15, 0.2) is 0 Å². The van der Waals surface area contributed by atoms with E-state index in [1.54, 1.807) is 0 Å². The zero-order valence-corrected chi connectivity index (χ0v) is 23.8. The molecule has 0 bridgehead atoms. The summed E-state index contributed by atoms with van der Waals surface area (Å²) in [5.74, 6) is 0.656. The van der Waals surface area contributed by atoms with E-state index in [-0.39, 0.29) is 0 Å². The first-order valence-corrected chi connectivity index (χ1v) is 14.8. The van der Waals surface area contributed by atoms with Crippen LogP contribution >= 0.6 is 0 Å². The number of rotatable bonds is 4. The summed E-state index contributed by atoms with van der Waals surface area (Å²) < 4.78 is 4.58. The molecule has 3 aromatic heterocycles. The van der Waals surface area contributed by atoms with Gasteiger partial charge in [0.1, 0.15) is 0 Å². The molecule has 0 fully saturated rings. The number of hydrogen-bond acceptors (Lipinski definition) is 2. The third-order valence-electron chi connectivity index (χ3n) is 8.62. The maximum Gasteiger partial charge on any atom is 0.234 e. The molecule has 9 aromatic rings. The van der Waals surface area contributed by atoms with E-state index in [4.69, 9.17) is 9.97 Å². The highest BCUT2D eigenvalue weighted by Gasteiger charge is 2.19. The monoisotopic (exact) mass is 562 g/mol. The van der Waals surface area contributed by atoms with E-state index >= 15 is 0 Å². The van der Waals surface area contributed by atoms with E-state index in [0.717, 1.165) is 33.4 Å². The summed E-state index contributed by atoms with van der Waals surface area (Å²) in [6.07, 6.45) is 3.84. The summed E-state index contributed by atoms with van der Waals surface area (Å²) in [7, 11) is 0. The predicted molar refractivity (Wildman–Crippen MR) is 182 cm³/mol. The molecule has 44 heavy (non-hydrogen) atoms. The van der Waals surface area contributed by atoms with Gasteiger partial charge >= 0.3 is 0 Å². The second-order valence-corrected chi connectivity index (χ2v) is 11.1. The Morgan fingerprint density at radius 1 is 0.341 bits per heavy atom. The lowest BCUT2D eigenvalue weighted by Gasteiger charge is -2.11. The molecule has 0 atom stereocenters. The van der Waals surface area contributed by atoms with E-state index in [1.165, 1.54) is 38.2 Å². The second kappa shape index (κ2) is 9.79. The molecule has 0 radical (unpaired) electrons. The van der Waals surface area contributed by atoms with Crippen LogP contribution in [0.2, 0.25) is 0 Å². The third-order valence-corrected chi connectivity index (χ3v) is 8.62. The molecule has 0 aliphatic carbocycles. The lowest BCUT2D eigenvalue weighted by molar-refractivity contribution is 0.990. The van der Waals surface area contributed by atoms with Gasteiger partial charge in [-0.2, -0.15) is 0 Å². The Bertz CT molecular complexity index is 2470. The molecule has 4 heteroatoms. The van der Waals surface area contributed by atoms with Crippen molar-refractivity contribution in [2.75, 3.05) is 0 Å². The Kier molecular flexibility index (Phi) is 5.47. The van der Waals surface area contributed by atoms with Crippen LogP contribution in [0.3, 0.4) is 0 Å². The van der Waals surface area contributed by atoms with Crippen molar-refractivity contribution >= 4 is 43.6 Å². The Morgan fingerprint density at radius 3 is 1.52 bits per heavy atom. The van der Waals surface area contributed by atoms with Crippen molar-refractivity contribution in [1.29, 1.82) is 0 Å². The third kappa shape index (κ3) is 3.78. The first kappa shape index (κ1) is 24.6. The van der Waals surface area contributed by atoms with Crippen molar-refractivity contribution in [3.63, 3.8) is 0 Å². The van der Waals surface area contributed by atoms with Gasteiger partial charge in [-0.05, 0) is 53.1 Å². The molecule has 0 aliphatic heterocycles. The largest absolute Gasteiger partial charge is 0.309 e. The smallest absolute Gasteiger partial charge is 0.234 e. The van der Waals surface area contributed by atoms with E-state index in [1.807, 2.05) is 30.6 Å². The normalized spacial score (nSPS) is 11.6. The highest BCUT2D eigenvalue weighted by Crippen LogP contribution is 2.39. The van der Waals surface area contributed by atoms with Crippen LogP contribution in [0.15, 0.2) is 158 Å². The quantitative estimate of drug-likeness (QED) is 0.214. The average Bonchev–Trinajstić information content (AvgIpc) is 3.60. The van der Waals surface area contributed by atoms with Gasteiger partial charge in [0.2, 0.25) is 5.95 Å². The molecular weight excluding hydrogens is 536 g/mol. The van der Waals surface area contributed by atoms with Gasteiger partial charge in [-0.3, -0.25) is 4.57 Å². The zero-order valence-electron chi connectivity index (χ0n) is 23.8. The Balaban J connectivity index is 1.32. The Labute approximate surface area is 254 Å². The van der Waals surface area contributed by atoms with Gasteiger partial charge in [-0.15, -0.1) is 0 Å². The number of para-hydroxylation sites is 2. The lowest BCUT2D eigenvalue weighted by atomic mass is 10.1. The summed E-state index contributed by atoms with van der Waals surface area (Å²) >= 11 is 0. The van der Waals surface area contributed by atoms with Crippen LogP contribution in [0, 0.1) is 0 Å². The number of hydrogen-bond donors (Lipinski definition) is 0. The maximum atomic E-state index is 4.89. The van der Waals surface area contributed by atoms with Gasteiger partial charge in [0.25, 0.3) is 0 Å². The van der Waals surface area contributed by atoms with E-state index in [2.05, 4.69) is 137 Å².